The Bertz CT molecular complexity index is 1560. The number of carbonyl (C=O) groups is 4. The molecule has 1 aliphatic heterocycles. The molecule has 39 heavy (non-hydrogen) atoms. The summed E-state index contributed by atoms with van der Waals surface area (Å²) < 4.78 is 6.74. The third kappa shape index (κ3) is 4.53. The average molecular weight is 520 g/mol. The first kappa shape index (κ1) is 25.4. The molecular formula is C31H25N3O5. The van der Waals surface area contributed by atoms with E-state index in [0.29, 0.717) is 22.5 Å². The van der Waals surface area contributed by atoms with E-state index in [-0.39, 0.29) is 5.57 Å². The number of carbonyl (C=O) groups excluding carboxylic acids is 4. The second-order valence-electron chi connectivity index (χ2n) is 8.99. The molecule has 4 aromatic rings. The topological polar surface area (TPSA) is 88.9 Å². The number of urea groups is 1. The summed E-state index contributed by atoms with van der Waals surface area (Å²) in [5, 5.41) is 0. The molecule has 1 saturated heterocycles. The van der Waals surface area contributed by atoms with E-state index in [0.717, 1.165) is 26.9 Å². The van der Waals surface area contributed by atoms with E-state index < -0.39 is 23.8 Å². The third-order valence-electron chi connectivity index (χ3n) is 6.60. The van der Waals surface area contributed by atoms with Gasteiger partial charge in [0.05, 0.1) is 24.0 Å². The van der Waals surface area contributed by atoms with Crippen molar-refractivity contribution in [3.8, 4) is 5.69 Å². The zero-order chi connectivity index (χ0) is 27.7. The molecule has 2 heterocycles. The van der Waals surface area contributed by atoms with Crippen molar-refractivity contribution in [3.05, 3.63) is 119 Å². The van der Waals surface area contributed by atoms with Gasteiger partial charge in [0.25, 0.3) is 11.8 Å². The lowest BCUT2D eigenvalue weighted by Gasteiger charge is -2.33. The van der Waals surface area contributed by atoms with Gasteiger partial charge in [0, 0.05) is 17.1 Å². The molecule has 8 heteroatoms. The molecule has 1 aromatic heterocycles. The van der Waals surface area contributed by atoms with Crippen LogP contribution in [-0.2, 0) is 14.3 Å². The molecule has 1 fully saturated rings. The number of rotatable bonds is 5. The van der Waals surface area contributed by atoms with Crippen LogP contribution in [-0.4, -0.2) is 35.5 Å². The fourth-order valence-electron chi connectivity index (χ4n) is 4.69. The number of amides is 4. The number of aromatic nitrogens is 1. The predicted molar refractivity (Wildman–Crippen MR) is 148 cm³/mol. The largest absolute Gasteiger partial charge is 0.465 e. The Kier molecular flexibility index (Phi) is 6.68. The van der Waals surface area contributed by atoms with E-state index in [4.69, 9.17) is 4.74 Å². The number of imide groups is 2. The molecule has 0 saturated carbocycles. The molecule has 0 N–H and O–H groups in total. The van der Waals surface area contributed by atoms with Gasteiger partial charge in [-0.2, -0.15) is 0 Å². The van der Waals surface area contributed by atoms with Gasteiger partial charge < -0.3 is 9.30 Å². The number of nitrogens with zero attached hydrogens (tertiary/aromatic N) is 3. The quantitative estimate of drug-likeness (QED) is 0.198. The molecule has 194 valence electrons. The standard InChI is InChI=1S/C31H25N3O5/c1-20-18-23(21(2)32(20)26-16-14-22(15-17-26)30(37)39-3)19-27-28(35)33(24-10-6-4-7-11-24)31(38)34(29(27)36)25-12-8-5-9-13-25/h4-19H,1-3H3. The molecular weight excluding hydrogens is 494 g/mol. The van der Waals surface area contributed by atoms with Crippen LogP contribution in [0.5, 0.6) is 0 Å². The van der Waals surface area contributed by atoms with Gasteiger partial charge in [0.1, 0.15) is 5.57 Å². The minimum Gasteiger partial charge on any atom is -0.465 e. The van der Waals surface area contributed by atoms with Gasteiger partial charge in [-0.15, -0.1) is 0 Å². The highest BCUT2D eigenvalue weighted by atomic mass is 16.5. The Balaban J connectivity index is 1.60. The van der Waals surface area contributed by atoms with E-state index in [1.807, 2.05) is 24.5 Å². The van der Waals surface area contributed by atoms with Crippen LogP contribution in [0.1, 0.15) is 27.3 Å². The molecule has 0 radical (unpaired) electrons. The number of ether oxygens (including phenoxy) is 1. The summed E-state index contributed by atoms with van der Waals surface area (Å²) in [5.41, 5.74) is 4.11. The first-order valence-corrected chi connectivity index (χ1v) is 12.2. The second-order valence-corrected chi connectivity index (χ2v) is 8.99. The Labute approximate surface area is 225 Å². The van der Waals surface area contributed by atoms with Crippen molar-refractivity contribution in [2.75, 3.05) is 16.9 Å². The third-order valence-corrected chi connectivity index (χ3v) is 6.60. The first-order valence-electron chi connectivity index (χ1n) is 12.2. The van der Waals surface area contributed by atoms with Crippen LogP contribution < -0.4 is 9.80 Å². The number of anilines is 2. The molecule has 0 spiro atoms. The number of barbiturate groups is 1. The van der Waals surface area contributed by atoms with Crippen molar-refractivity contribution in [2.24, 2.45) is 0 Å². The molecule has 0 bridgehead atoms. The summed E-state index contributed by atoms with van der Waals surface area (Å²) in [5.74, 6) is -1.83. The maximum atomic E-state index is 13.7. The maximum Gasteiger partial charge on any atom is 0.343 e. The van der Waals surface area contributed by atoms with Gasteiger partial charge in [-0.25, -0.2) is 19.4 Å². The first-order chi connectivity index (χ1) is 18.8. The van der Waals surface area contributed by atoms with Crippen LogP contribution in [0.2, 0.25) is 0 Å². The lowest BCUT2D eigenvalue weighted by molar-refractivity contribution is -0.121. The number of hydrogen-bond acceptors (Lipinski definition) is 5. The normalized spacial score (nSPS) is 13.6. The van der Waals surface area contributed by atoms with Crippen LogP contribution in [0.25, 0.3) is 11.8 Å². The molecule has 3 aromatic carbocycles. The summed E-state index contributed by atoms with van der Waals surface area (Å²) in [6.07, 6.45) is 1.53. The van der Waals surface area contributed by atoms with Crippen molar-refractivity contribution < 1.29 is 23.9 Å². The van der Waals surface area contributed by atoms with E-state index in [1.165, 1.54) is 13.2 Å². The number of hydrogen-bond donors (Lipinski definition) is 0. The average Bonchev–Trinajstić information content (AvgIpc) is 3.24. The Hall–Kier alpha value is -5.24. The lowest BCUT2D eigenvalue weighted by Crippen LogP contribution is -2.57. The van der Waals surface area contributed by atoms with Crippen LogP contribution in [0, 0.1) is 13.8 Å². The van der Waals surface area contributed by atoms with Crippen molar-refractivity contribution in [1.29, 1.82) is 0 Å². The van der Waals surface area contributed by atoms with E-state index >= 15 is 0 Å². The van der Waals surface area contributed by atoms with Gasteiger partial charge >= 0.3 is 12.0 Å². The summed E-state index contributed by atoms with van der Waals surface area (Å²) in [6.45, 7) is 3.78. The number of esters is 1. The summed E-state index contributed by atoms with van der Waals surface area (Å²) in [4.78, 5) is 54.7. The van der Waals surface area contributed by atoms with Crippen LogP contribution in [0.15, 0.2) is 96.6 Å². The van der Waals surface area contributed by atoms with Crippen molar-refractivity contribution in [3.63, 3.8) is 0 Å². The molecule has 0 unspecified atom stereocenters. The van der Waals surface area contributed by atoms with Crippen molar-refractivity contribution >= 4 is 41.3 Å². The fourth-order valence-corrected chi connectivity index (χ4v) is 4.69. The Morgan fingerprint density at radius 1 is 0.718 bits per heavy atom. The van der Waals surface area contributed by atoms with E-state index in [9.17, 15) is 19.2 Å². The van der Waals surface area contributed by atoms with Crippen molar-refractivity contribution in [1.82, 2.24) is 4.57 Å². The van der Waals surface area contributed by atoms with Crippen LogP contribution >= 0.6 is 0 Å². The fraction of sp³-hybridized carbons (Fsp3) is 0.0968. The molecule has 0 atom stereocenters. The SMILES string of the molecule is COC(=O)c1ccc(-n2c(C)cc(C=C3C(=O)N(c4ccccc4)C(=O)N(c4ccccc4)C3=O)c2C)cc1. The molecule has 8 nitrogen and oxygen atoms in total. The van der Waals surface area contributed by atoms with Crippen LogP contribution in [0.3, 0.4) is 0 Å². The van der Waals surface area contributed by atoms with Crippen LogP contribution in [0.4, 0.5) is 16.2 Å². The Morgan fingerprint density at radius 3 is 1.72 bits per heavy atom. The summed E-state index contributed by atoms with van der Waals surface area (Å²) in [6, 6.07) is 25.1. The number of aryl methyl sites for hydroxylation is 1. The van der Waals surface area contributed by atoms with Crippen molar-refractivity contribution in [2.45, 2.75) is 13.8 Å². The smallest absolute Gasteiger partial charge is 0.343 e. The predicted octanol–water partition coefficient (Wildman–Crippen LogP) is 5.46. The van der Waals surface area contributed by atoms with Gasteiger partial charge in [-0.1, -0.05) is 36.4 Å². The monoisotopic (exact) mass is 519 g/mol. The highest BCUT2D eigenvalue weighted by Gasteiger charge is 2.43. The molecule has 5 rings (SSSR count). The van der Waals surface area contributed by atoms with Gasteiger partial charge in [-0.05, 0) is 80.1 Å². The zero-order valence-corrected chi connectivity index (χ0v) is 21.6. The van der Waals surface area contributed by atoms with E-state index in [1.54, 1.807) is 84.9 Å². The van der Waals surface area contributed by atoms with Gasteiger partial charge in [0.15, 0.2) is 0 Å². The summed E-state index contributed by atoms with van der Waals surface area (Å²) >= 11 is 0. The van der Waals surface area contributed by atoms with E-state index in [2.05, 4.69) is 0 Å². The Morgan fingerprint density at radius 2 is 1.23 bits per heavy atom. The second kappa shape index (κ2) is 10.3. The number of benzene rings is 3. The minimum absolute atomic E-state index is 0.136. The summed E-state index contributed by atoms with van der Waals surface area (Å²) in [7, 11) is 1.33. The molecule has 1 aliphatic rings. The highest BCUT2D eigenvalue weighted by molar-refractivity contribution is 6.46. The number of para-hydroxylation sites is 2. The number of methoxy groups -OCH3 is 1. The lowest BCUT2D eigenvalue weighted by atomic mass is 10.0. The molecule has 4 amide bonds. The van der Waals surface area contributed by atoms with Gasteiger partial charge in [0.2, 0.25) is 0 Å². The zero-order valence-electron chi connectivity index (χ0n) is 21.6. The molecule has 0 aliphatic carbocycles. The minimum atomic E-state index is -0.740. The van der Waals surface area contributed by atoms with Gasteiger partial charge in [-0.3, -0.25) is 9.59 Å². The highest BCUT2D eigenvalue weighted by Crippen LogP contribution is 2.31. The maximum absolute atomic E-state index is 13.7.